The number of nitrogens with one attached hydrogen (secondary N) is 1. The lowest BCUT2D eigenvalue weighted by Crippen LogP contribution is -2.29. The maximum absolute atomic E-state index is 14.9. The van der Waals surface area contributed by atoms with E-state index < -0.39 is 29.3 Å². The smallest absolute Gasteiger partial charge is 0.273 e. The van der Waals surface area contributed by atoms with E-state index in [4.69, 9.17) is 21.1 Å². The quantitative estimate of drug-likeness (QED) is 0.432. The molecule has 1 N–H and O–H groups in total. The highest BCUT2D eigenvalue weighted by atomic mass is 35.5. The third-order valence-corrected chi connectivity index (χ3v) is 4.04. The molecule has 1 aromatic heterocycles. The Morgan fingerprint density at radius 1 is 1.06 bits per heavy atom. The number of halogens is 3. The van der Waals surface area contributed by atoms with Gasteiger partial charge in [0, 0.05) is 18.1 Å². The molecule has 160 valence electrons. The molecule has 0 fully saturated rings. The summed E-state index contributed by atoms with van der Waals surface area (Å²) in [7, 11) is 2.61. The monoisotopic (exact) mass is 448 g/mol. The van der Waals surface area contributed by atoms with Gasteiger partial charge in [-0.05, 0) is 36.4 Å². The van der Waals surface area contributed by atoms with E-state index in [0.717, 1.165) is 18.5 Å². The van der Waals surface area contributed by atoms with Crippen molar-refractivity contribution in [1.82, 2.24) is 15.3 Å². The number of oxime groups is 1. The second-order valence-electron chi connectivity index (χ2n) is 5.80. The predicted molar refractivity (Wildman–Crippen MR) is 108 cm³/mol. The van der Waals surface area contributed by atoms with Gasteiger partial charge in [0.25, 0.3) is 17.7 Å². The van der Waals surface area contributed by atoms with E-state index in [9.17, 15) is 13.6 Å². The van der Waals surface area contributed by atoms with Gasteiger partial charge in [-0.1, -0.05) is 16.8 Å². The summed E-state index contributed by atoms with van der Waals surface area (Å²) in [5.41, 5.74) is -0.173. The predicted octanol–water partition coefficient (Wildman–Crippen LogP) is 4.09. The summed E-state index contributed by atoms with van der Waals surface area (Å²) in [4.78, 5) is 24.3. The lowest BCUT2D eigenvalue weighted by Gasteiger charge is -2.13. The van der Waals surface area contributed by atoms with Crippen LogP contribution in [-0.2, 0) is 9.63 Å². The number of amides is 1. The van der Waals surface area contributed by atoms with Crippen LogP contribution < -0.4 is 14.8 Å². The lowest BCUT2D eigenvalue weighted by atomic mass is 10.1. The Morgan fingerprint density at radius 3 is 2.39 bits per heavy atom. The highest BCUT2D eigenvalue weighted by Crippen LogP contribution is 2.32. The van der Waals surface area contributed by atoms with Gasteiger partial charge < -0.3 is 19.6 Å². The highest BCUT2D eigenvalue weighted by Gasteiger charge is 2.22. The van der Waals surface area contributed by atoms with Crippen molar-refractivity contribution in [3.05, 3.63) is 71.0 Å². The Balaban J connectivity index is 1.97. The van der Waals surface area contributed by atoms with E-state index in [0.29, 0.717) is 5.02 Å². The number of likely N-dealkylation sites (N-methyl/N-ethyl adjacent to an activating group) is 1. The standard InChI is InChI=1S/C20H15ClF2N4O4/c1-24-18(28)17(27-29-2)14-8-5-12(22)9-15(14)31-20-16(23)19(25-10-26-20)30-13-6-3-11(21)4-7-13/h3-10H,1-2H3,(H,24,28). The minimum absolute atomic E-state index is 0.0424. The minimum atomic E-state index is -1.04. The third kappa shape index (κ3) is 5.23. The zero-order valence-corrected chi connectivity index (χ0v) is 17.0. The van der Waals surface area contributed by atoms with Gasteiger partial charge in [0.15, 0.2) is 5.71 Å². The SMILES string of the molecule is CNC(=O)C(=NOC)c1ccc(F)cc1Oc1ncnc(Oc2ccc(Cl)cc2)c1F. The van der Waals surface area contributed by atoms with E-state index in [1.165, 1.54) is 32.4 Å². The van der Waals surface area contributed by atoms with Gasteiger partial charge in [-0.25, -0.2) is 4.39 Å². The second-order valence-corrected chi connectivity index (χ2v) is 6.23. The molecular formula is C20H15ClF2N4O4. The summed E-state index contributed by atoms with van der Waals surface area (Å²) in [6.07, 6.45) is 1.01. The van der Waals surface area contributed by atoms with Gasteiger partial charge >= 0.3 is 0 Å². The first-order valence-electron chi connectivity index (χ1n) is 8.68. The Kier molecular flexibility index (Phi) is 6.93. The fourth-order valence-electron chi connectivity index (χ4n) is 2.40. The van der Waals surface area contributed by atoms with Crippen LogP contribution in [0.1, 0.15) is 5.56 Å². The molecule has 1 amide bonds. The summed E-state index contributed by atoms with van der Waals surface area (Å²) in [5, 5.41) is 6.49. The molecule has 0 spiro atoms. The van der Waals surface area contributed by atoms with E-state index in [-0.39, 0.29) is 22.8 Å². The summed E-state index contributed by atoms with van der Waals surface area (Å²) in [5.74, 6) is -3.31. The molecule has 2 aromatic carbocycles. The average Bonchev–Trinajstić information content (AvgIpc) is 2.76. The maximum Gasteiger partial charge on any atom is 0.273 e. The number of nitrogens with zero attached hydrogens (tertiary/aromatic N) is 3. The van der Waals surface area contributed by atoms with Crippen LogP contribution in [0.15, 0.2) is 53.9 Å². The van der Waals surface area contributed by atoms with Gasteiger partial charge in [0.05, 0.1) is 5.56 Å². The third-order valence-electron chi connectivity index (χ3n) is 3.78. The molecule has 0 aliphatic rings. The first kappa shape index (κ1) is 21.9. The Labute approximate surface area is 180 Å². The van der Waals surface area contributed by atoms with Gasteiger partial charge in [-0.2, -0.15) is 14.4 Å². The van der Waals surface area contributed by atoms with Crippen LogP contribution in [0.5, 0.6) is 23.3 Å². The van der Waals surface area contributed by atoms with Crippen LogP contribution in [0.25, 0.3) is 0 Å². The summed E-state index contributed by atoms with van der Waals surface area (Å²) in [6, 6.07) is 9.43. The fraction of sp³-hybridized carbons (Fsp3) is 0.100. The van der Waals surface area contributed by atoms with Gasteiger partial charge in [-0.3, -0.25) is 4.79 Å². The van der Waals surface area contributed by atoms with Crippen LogP contribution in [0.3, 0.4) is 0 Å². The van der Waals surface area contributed by atoms with Crippen LogP contribution in [0.2, 0.25) is 5.02 Å². The molecule has 0 saturated heterocycles. The Hall–Kier alpha value is -3.79. The summed E-state index contributed by atoms with van der Waals surface area (Å²) in [6.45, 7) is 0. The van der Waals surface area contributed by atoms with Crippen molar-refractivity contribution in [3.63, 3.8) is 0 Å². The second kappa shape index (κ2) is 9.81. The van der Waals surface area contributed by atoms with Crippen LogP contribution >= 0.6 is 11.6 Å². The number of carbonyl (C=O) groups is 1. The molecule has 3 aromatic rings. The molecule has 1 heterocycles. The van der Waals surface area contributed by atoms with Crippen molar-refractivity contribution in [1.29, 1.82) is 0 Å². The minimum Gasteiger partial charge on any atom is -0.436 e. The van der Waals surface area contributed by atoms with Crippen LogP contribution in [0.4, 0.5) is 8.78 Å². The molecule has 0 atom stereocenters. The van der Waals surface area contributed by atoms with Crippen molar-refractivity contribution < 1.29 is 27.9 Å². The Morgan fingerprint density at radius 2 is 1.74 bits per heavy atom. The molecule has 0 radical (unpaired) electrons. The lowest BCUT2D eigenvalue weighted by molar-refractivity contribution is -0.114. The first-order chi connectivity index (χ1) is 14.9. The number of rotatable bonds is 7. The normalized spacial score (nSPS) is 11.1. The number of aromatic nitrogens is 2. The Bertz CT molecular complexity index is 1130. The van der Waals surface area contributed by atoms with Gasteiger partial charge in [-0.15, -0.1) is 0 Å². The summed E-state index contributed by atoms with van der Waals surface area (Å²) < 4.78 is 39.6. The van der Waals surface area contributed by atoms with Crippen LogP contribution in [0, 0.1) is 11.6 Å². The maximum atomic E-state index is 14.9. The molecule has 8 nitrogen and oxygen atoms in total. The highest BCUT2D eigenvalue weighted by molar-refractivity contribution is 6.45. The zero-order chi connectivity index (χ0) is 22.4. The van der Waals surface area contributed by atoms with Gasteiger partial charge in [0.1, 0.15) is 30.8 Å². The van der Waals surface area contributed by atoms with E-state index in [1.807, 2.05) is 0 Å². The number of benzene rings is 2. The molecule has 0 bridgehead atoms. The molecule has 0 aliphatic heterocycles. The number of hydrogen-bond donors (Lipinski definition) is 1. The molecule has 3 rings (SSSR count). The van der Waals surface area contributed by atoms with Crippen molar-refractivity contribution in [2.75, 3.05) is 14.2 Å². The zero-order valence-electron chi connectivity index (χ0n) is 16.2. The molecule has 11 heteroatoms. The largest absolute Gasteiger partial charge is 0.436 e. The van der Waals surface area contributed by atoms with Gasteiger partial charge in [0.2, 0.25) is 5.82 Å². The molecule has 31 heavy (non-hydrogen) atoms. The molecule has 0 saturated carbocycles. The van der Waals surface area contributed by atoms with E-state index >= 15 is 0 Å². The number of hydrogen-bond acceptors (Lipinski definition) is 7. The molecule has 0 unspecified atom stereocenters. The van der Waals surface area contributed by atoms with Crippen molar-refractivity contribution in [3.8, 4) is 23.3 Å². The average molecular weight is 449 g/mol. The van der Waals surface area contributed by atoms with Crippen LogP contribution in [-0.4, -0.2) is 35.7 Å². The van der Waals surface area contributed by atoms with E-state index in [1.54, 1.807) is 12.1 Å². The number of carbonyl (C=O) groups excluding carboxylic acids is 1. The number of ether oxygens (including phenoxy) is 2. The molecule has 0 aliphatic carbocycles. The topological polar surface area (TPSA) is 94.9 Å². The van der Waals surface area contributed by atoms with Crippen molar-refractivity contribution >= 4 is 23.2 Å². The van der Waals surface area contributed by atoms with E-state index in [2.05, 4.69) is 25.3 Å². The van der Waals surface area contributed by atoms with Crippen molar-refractivity contribution in [2.24, 2.45) is 5.16 Å². The van der Waals surface area contributed by atoms with Crippen molar-refractivity contribution in [2.45, 2.75) is 0 Å². The fourth-order valence-corrected chi connectivity index (χ4v) is 2.52. The first-order valence-corrected chi connectivity index (χ1v) is 9.05. The summed E-state index contributed by atoms with van der Waals surface area (Å²) >= 11 is 5.82. The molecular weight excluding hydrogens is 434 g/mol.